The first-order chi connectivity index (χ1) is 10.9. The van der Waals surface area contributed by atoms with E-state index in [9.17, 15) is 13.2 Å². The number of rotatable bonds is 3. The third kappa shape index (κ3) is 2.80. The lowest BCUT2D eigenvalue weighted by atomic mass is 10.2. The molecule has 0 fully saturated rings. The van der Waals surface area contributed by atoms with Crippen LogP contribution in [0.5, 0.6) is 5.75 Å². The van der Waals surface area contributed by atoms with Crippen molar-refractivity contribution in [3.63, 3.8) is 0 Å². The highest BCUT2D eigenvalue weighted by molar-refractivity contribution is 7.89. The second-order valence-electron chi connectivity index (χ2n) is 5.09. The predicted molar refractivity (Wildman–Crippen MR) is 79.7 cm³/mol. The summed E-state index contributed by atoms with van der Waals surface area (Å²) in [5.41, 5.74) is 0.451. The van der Waals surface area contributed by atoms with Crippen LogP contribution >= 0.6 is 0 Å². The van der Waals surface area contributed by atoms with Gasteiger partial charge in [-0.2, -0.15) is 9.40 Å². The zero-order valence-corrected chi connectivity index (χ0v) is 13.2. The number of sulfonamides is 1. The van der Waals surface area contributed by atoms with Crippen LogP contribution in [-0.4, -0.2) is 46.7 Å². The average Bonchev–Trinajstić information content (AvgIpc) is 2.78. The maximum Gasteiger partial charge on any atom is 0.356 e. The average molecular weight is 337 g/mol. The molecule has 122 valence electrons. The van der Waals surface area contributed by atoms with E-state index in [1.165, 1.54) is 11.4 Å². The number of benzene rings is 1. The Hall–Kier alpha value is -2.39. The number of carboxylic acids is 1. The summed E-state index contributed by atoms with van der Waals surface area (Å²) in [6, 6.07) is 8.29. The molecule has 0 bridgehead atoms. The summed E-state index contributed by atoms with van der Waals surface area (Å²) in [4.78, 5) is 11.0. The molecular weight excluding hydrogens is 322 g/mol. The van der Waals surface area contributed by atoms with Crippen LogP contribution in [0.1, 0.15) is 16.1 Å². The summed E-state index contributed by atoms with van der Waals surface area (Å²) in [7, 11) is -2.48. The van der Waals surface area contributed by atoms with Crippen LogP contribution in [0.3, 0.4) is 0 Å². The van der Waals surface area contributed by atoms with Crippen LogP contribution in [0.25, 0.3) is 0 Å². The summed E-state index contributed by atoms with van der Waals surface area (Å²) in [6.07, 6.45) is 0. The van der Waals surface area contributed by atoms with E-state index in [1.54, 1.807) is 12.1 Å². The van der Waals surface area contributed by atoms with E-state index in [4.69, 9.17) is 9.84 Å². The number of ether oxygens (including phenoxy) is 1. The topological polar surface area (TPSA) is 102 Å². The Kier molecular flexibility index (Phi) is 3.82. The van der Waals surface area contributed by atoms with E-state index in [0.29, 0.717) is 5.75 Å². The molecule has 8 nitrogen and oxygen atoms in total. The molecule has 0 saturated carbocycles. The van der Waals surface area contributed by atoms with Crippen molar-refractivity contribution in [3.05, 3.63) is 41.6 Å². The first kappa shape index (κ1) is 15.5. The van der Waals surface area contributed by atoms with Crippen molar-refractivity contribution in [3.8, 4) is 5.75 Å². The highest BCUT2D eigenvalue weighted by atomic mass is 32.2. The van der Waals surface area contributed by atoms with Crippen LogP contribution in [-0.2, 0) is 23.6 Å². The quantitative estimate of drug-likeness (QED) is 0.885. The smallest absolute Gasteiger partial charge is 0.356 e. The molecule has 1 aromatic heterocycles. The lowest BCUT2D eigenvalue weighted by Crippen LogP contribution is -2.33. The molecule has 23 heavy (non-hydrogen) atoms. The van der Waals surface area contributed by atoms with E-state index in [1.807, 2.05) is 12.1 Å². The lowest BCUT2D eigenvalue weighted by molar-refractivity contribution is 0.0689. The van der Waals surface area contributed by atoms with Gasteiger partial charge in [0, 0.05) is 31.8 Å². The summed E-state index contributed by atoms with van der Waals surface area (Å²) in [5.74, 6) is -0.618. The molecule has 0 unspecified atom stereocenters. The summed E-state index contributed by atoms with van der Waals surface area (Å²) in [5, 5.41) is 12.5. The van der Waals surface area contributed by atoms with Gasteiger partial charge in [-0.3, -0.25) is 4.68 Å². The molecule has 0 amide bonds. The molecule has 1 aliphatic heterocycles. The van der Waals surface area contributed by atoms with Gasteiger partial charge in [0.1, 0.15) is 12.4 Å². The van der Waals surface area contributed by atoms with Crippen molar-refractivity contribution >= 4 is 16.0 Å². The van der Waals surface area contributed by atoms with Gasteiger partial charge in [-0.15, -0.1) is 0 Å². The van der Waals surface area contributed by atoms with E-state index in [0.717, 1.165) is 16.3 Å². The Morgan fingerprint density at radius 1 is 1.35 bits per heavy atom. The van der Waals surface area contributed by atoms with E-state index in [2.05, 4.69) is 5.10 Å². The predicted octanol–water partition coefficient (Wildman–Crippen LogP) is 0.702. The van der Waals surface area contributed by atoms with Crippen LogP contribution in [0, 0.1) is 0 Å². The molecule has 1 aromatic carbocycles. The fraction of sp³-hybridized carbons (Fsp3) is 0.286. The van der Waals surface area contributed by atoms with Crippen LogP contribution in [0.15, 0.2) is 35.4 Å². The van der Waals surface area contributed by atoms with Gasteiger partial charge < -0.3 is 9.84 Å². The zero-order valence-electron chi connectivity index (χ0n) is 12.3. The third-order valence-corrected chi connectivity index (χ3v) is 5.48. The molecule has 0 aliphatic carbocycles. The number of hydrogen-bond donors (Lipinski definition) is 1. The van der Waals surface area contributed by atoms with Crippen molar-refractivity contribution in [2.24, 2.45) is 7.05 Å². The molecule has 1 N–H and O–H groups in total. The second-order valence-corrected chi connectivity index (χ2v) is 6.98. The minimum atomic E-state index is -3.88. The van der Waals surface area contributed by atoms with Gasteiger partial charge in [0.05, 0.1) is 0 Å². The first-order valence-corrected chi connectivity index (χ1v) is 8.32. The standard InChI is InChI=1S/C14H15N3O5S/c1-16-13(8-11(15-16)14(18)19)23(20,21)17-6-7-22-12-5-3-2-4-10(12)9-17/h2-5,8H,6-7,9H2,1H3,(H,18,19). The number of aromatic nitrogens is 2. The fourth-order valence-electron chi connectivity index (χ4n) is 2.44. The van der Waals surface area contributed by atoms with Gasteiger partial charge in [-0.25, -0.2) is 13.2 Å². The van der Waals surface area contributed by atoms with Gasteiger partial charge in [-0.1, -0.05) is 18.2 Å². The van der Waals surface area contributed by atoms with Crippen LogP contribution < -0.4 is 4.74 Å². The summed E-state index contributed by atoms with van der Waals surface area (Å²) < 4.78 is 33.5. The Morgan fingerprint density at radius 3 is 2.78 bits per heavy atom. The molecule has 1 aliphatic rings. The molecular formula is C14H15N3O5S. The van der Waals surface area contributed by atoms with Crippen molar-refractivity contribution < 1.29 is 23.1 Å². The Morgan fingerprint density at radius 2 is 2.09 bits per heavy atom. The molecule has 2 heterocycles. The number of fused-ring (bicyclic) bond motifs is 1. The maximum atomic E-state index is 12.8. The molecule has 0 radical (unpaired) electrons. The minimum absolute atomic E-state index is 0.158. The number of carbonyl (C=O) groups is 1. The van der Waals surface area contributed by atoms with Gasteiger partial charge in [0.2, 0.25) is 0 Å². The van der Waals surface area contributed by atoms with Crippen LogP contribution in [0.4, 0.5) is 0 Å². The Labute approximate surface area is 133 Å². The SMILES string of the molecule is Cn1nc(C(=O)O)cc1S(=O)(=O)N1CCOc2ccccc2C1. The van der Waals surface area contributed by atoms with Crippen LogP contribution in [0.2, 0.25) is 0 Å². The monoisotopic (exact) mass is 337 g/mol. The lowest BCUT2D eigenvalue weighted by Gasteiger charge is -2.19. The van der Waals surface area contributed by atoms with Crippen molar-refractivity contribution in [1.29, 1.82) is 0 Å². The van der Waals surface area contributed by atoms with Gasteiger partial charge in [0.15, 0.2) is 10.7 Å². The highest BCUT2D eigenvalue weighted by Gasteiger charge is 2.31. The van der Waals surface area contributed by atoms with E-state index < -0.39 is 16.0 Å². The second kappa shape index (κ2) is 5.67. The van der Waals surface area contributed by atoms with Crippen molar-refractivity contribution in [1.82, 2.24) is 14.1 Å². The maximum absolute atomic E-state index is 12.8. The number of nitrogens with zero attached hydrogens (tertiary/aromatic N) is 3. The third-order valence-electron chi connectivity index (χ3n) is 3.58. The molecule has 9 heteroatoms. The number of para-hydroxylation sites is 1. The number of hydrogen-bond acceptors (Lipinski definition) is 5. The number of aromatic carboxylic acids is 1. The number of carboxylic acid groups (broad SMARTS) is 1. The minimum Gasteiger partial charge on any atom is -0.492 e. The largest absolute Gasteiger partial charge is 0.492 e. The highest BCUT2D eigenvalue weighted by Crippen LogP contribution is 2.26. The van der Waals surface area contributed by atoms with Crippen molar-refractivity contribution in [2.45, 2.75) is 11.6 Å². The molecule has 0 spiro atoms. The van der Waals surface area contributed by atoms with E-state index in [-0.39, 0.29) is 30.4 Å². The van der Waals surface area contributed by atoms with Crippen molar-refractivity contribution in [2.75, 3.05) is 13.2 Å². The summed E-state index contributed by atoms with van der Waals surface area (Å²) >= 11 is 0. The Bertz CT molecular complexity index is 859. The van der Waals surface area contributed by atoms with Gasteiger partial charge in [-0.05, 0) is 6.07 Å². The van der Waals surface area contributed by atoms with E-state index >= 15 is 0 Å². The Balaban J connectivity index is 1.98. The fourth-order valence-corrected chi connectivity index (χ4v) is 3.96. The molecule has 2 aromatic rings. The number of aryl methyl sites for hydroxylation is 1. The first-order valence-electron chi connectivity index (χ1n) is 6.88. The van der Waals surface area contributed by atoms with Gasteiger partial charge in [0.25, 0.3) is 10.0 Å². The summed E-state index contributed by atoms with van der Waals surface area (Å²) in [6.45, 7) is 0.552. The molecule has 3 rings (SSSR count). The normalized spacial score (nSPS) is 15.5. The molecule has 0 saturated heterocycles. The zero-order chi connectivity index (χ0) is 16.6. The van der Waals surface area contributed by atoms with Gasteiger partial charge >= 0.3 is 5.97 Å². The molecule has 0 atom stereocenters.